The Kier molecular flexibility index (Phi) is 4.02. The smallest absolute Gasteiger partial charge is 0.0705 e. The lowest BCUT2D eigenvalue weighted by molar-refractivity contribution is 0.408. The van der Waals surface area contributed by atoms with Crippen molar-refractivity contribution >= 4 is 10.9 Å². The van der Waals surface area contributed by atoms with Crippen molar-refractivity contribution in [1.82, 2.24) is 4.98 Å². The summed E-state index contributed by atoms with van der Waals surface area (Å²) in [5, 5.41) is 1.26. The second-order valence-electron chi connectivity index (χ2n) is 6.15. The fourth-order valence-corrected chi connectivity index (χ4v) is 3.58. The van der Waals surface area contributed by atoms with Crippen molar-refractivity contribution in [2.75, 3.05) is 6.54 Å². The molecule has 1 aliphatic rings. The minimum Gasteiger partial charge on any atom is -0.330 e. The summed E-state index contributed by atoms with van der Waals surface area (Å²) in [7, 11) is 0. The van der Waals surface area contributed by atoms with Crippen LogP contribution in [0.4, 0.5) is 0 Å². The fraction of sp³-hybridized carbons (Fsp3) is 0.500. The largest absolute Gasteiger partial charge is 0.330 e. The number of nitrogens with zero attached hydrogens (tertiary/aromatic N) is 1. The van der Waals surface area contributed by atoms with Gasteiger partial charge in [0.1, 0.15) is 0 Å². The number of pyridine rings is 1. The van der Waals surface area contributed by atoms with Crippen molar-refractivity contribution in [1.29, 1.82) is 0 Å². The van der Waals surface area contributed by atoms with Crippen LogP contribution in [0.2, 0.25) is 0 Å². The van der Waals surface area contributed by atoms with E-state index in [1.54, 1.807) is 0 Å². The SMILES string of the molecule is Cc1ccc2cc(C3CCCCCC3CN)ccc2n1. The Balaban J connectivity index is 1.97. The molecule has 0 bridgehead atoms. The summed E-state index contributed by atoms with van der Waals surface area (Å²) in [6.07, 6.45) is 6.61. The maximum atomic E-state index is 6.02. The molecular weight excluding hydrogens is 244 g/mol. The molecule has 2 heteroatoms. The average molecular weight is 268 g/mol. The first-order valence-electron chi connectivity index (χ1n) is 7.85. The van der Waals surface area contributed by atoms with Crippen molar-refractivity contribution in [2.45, 2.75) is 44.9 Å². The Morgan fingerprint density at radius 2 is 1.95 bits per heavy atom. The summed E-state index contributed by atoms with van der Waals surface area (Å²) < 4.78 is 0. The zero-order chi connectivity index (χ0) is 13.9. The summed E-state index contributed by atoms with van der Waals surface area (Å²) in [5.74, 6) is 1.28. The van der Waals surface area contributed by atoms with E-state index in [1.807, 2.05) is 6.92 Å². The highest BCUT2D eigenvalue weighted by Crippen LogP contribution is 2.36. The molecule has 0 radical (unpaired) electrons. The first-order valence-corrected chi connectivity index (χ1v) is 7.85. The molecule has 20 heavy (non-hydrogen) atoms. The zero-order valence-corrected chi connectivity index (χ0v) is 12.3. The van der Waals surface area contributed by atoms with Crippen molar-refractivity contribution in [3.63, 3.8) is 0 Å². The molecule has 1 aromatic heterocycles. The van der Waals surface area contributed by atoms with Crippen LogP contribution < -0.4 is 5.73 Å². The lowest BCUT2D eigenvalue weighted by Crippen LogP contribution is -2.21. The van der Waals surface area contributed by atoms with Crippen LogP contribution in [-0.2, 0) is 0 Å². The van der Waals surface area contributed by atoms with E-state index in [9.17, 15) is 0 Å². The molecule has 3 rings (SSSR count). The van der Waals surface area contributed by atoms with Crippen LogP contribution in [0.25, 0.3) is 10.9 Å². The lowest BCUT2D eigenvalue weighted by atomic mass is 9.82. The normalized spacial score (nSPS) is 23.7. The molecule has 0 aliphatic heterocycles. The Labute approximate surface area is 121 Å². The number of aryl methyl sites for hydroxylation is 1. The molecule has 0 amide bonds. The van der Waals surface area contributed by atoms with Gasteiger partial charge in [0.25, 0.3) is 0 Å². The Morgan fingerprint density at radius 3 is 2.80 bits per heavy atom. The molecule has 2 N–H and O–H groups in total. The molecule has 1 saturated carbocycles. The number of nitrogens with two attached hydrogens (primary N) is 1. The monoisotopic (exact) mass is 268 g/mol. The highest BCUT2D eigenvalue weighted by atomic mass is 14.7. The molecule has 2 unspecified atom stereocenters. The van der Waals surface area contributed by atoms with Gasteiger partial charge in [0.05, 0.1) is 5.52 Å². The van der Waals surface area contributed by atoms with Crippen LogP contribution in [0.1, 0.15) is 49.3 Å². The van der Waals surface area contributed by atoms with Crippen molar-refractivity contribution < 1.29 is 0 Å². The van der Waals surface area contributed by atoms with Gasteiger partial charge in [-0.15, -0.1) is 0 Å². The average Bonchev–Trinajstić information content (AvgIpc) is 2.71. The summed E-state index contributed by atoms with van der Waals surface area (Å²) in [6, 6.07) is 11.1. The Hall–Kier alpha value is -1.41. The number of rotatable bonds is 2. The van der Waals surface area contributed by atoms with Gasteiger partial charge in [0.15, 0.2) is 0 Å². The predicted molar refractivity (Wildman–Crippen MR) is 84.9 cm³/mol. The third kappa shape index (κ3) is 2.71. The van der Waals surface area contributed by atoms with E-state index in [-0.39, 0.29) is 0 Å². The molecular formula is C18H24N2. The zero-order valence-electron chi connectivity index (χ0n) is 12.3. The molecule has 2 aromatic rings. The van der Waals surface area contributed by atoms with Crippen LogP contribution in [0.15, 0.2) is 30.3 Å². The molecule has 1 fully saturated rings. The molecule has 0 spiro atoms. The highest BCUT2D eigenvalue weighted by molar-refractivity contribution is 5.79. The number of fused-ring (bicyclic) bond motifs is 1. The Bertz CT molecular complexity index is 591. The van der Waals surface area contributed by atoms with Gasteiger partial charge in [-0.3, -0.25) is 4.98 Å². The van der Waals surface area contributed by atoms with Gasteiger partial charge >= 0.3 is 0 Å². The van der Waals surface area contributed by atoms with Gasteiger partial charge in [-0.1, -0.05) is 31.4 Å². The van der Waals surface area contributed by atoms with Crippen molar-refractivity contribution in [2.24, 2.45) is 11.7 Å². The molecule has 106 valence electrons. The minimum absolute atomic E-state index is 0.633. The summed E-state index contributed by atoms with van der Waals surface area (Å²) in [5.41, 5.74) is 9.67. The minimum atomic E-state index is 0.633. The first-order chi connectivity index (χ1) is 9.78. The third-order valence-electron chi connectivity index (χ3n) is 4.74. The second kappa shape index (κ2) is 5.92. The van der Waals surface area contributed by atoms with E-state index in [0.29, 0.717) is 11.8 Å². The second-order valence-corrected chi connectivity index (χ2v) is 6.15. The highest BCUT2D eigenvalue weighted by Gasteiger charge is 2.24. The first kappa shape index (κ1) is 13.6. The molecule has 1 heterocycles. The predicted octanol–water partition coefficient (Wildman–Crippen LogP) is 4.17. The number of hydrogen-bond acceptors (Lipinski definition) is 2. The van der Waals surface area contributed by atoms with Crippen LogP contribution in [-0.4, -0.2) is 11.5 Å². The van der Waals surface area contributed by atoms with Gasteiger partial charge in [-0.2, -0.15) is 0 Å². The standard InChI is InChI=1S/C18H24N2/c1-13-7-8-15-11-14(9-10-18(15)20-13)17-6-4-2-3-5-16(17)12-19/h7-11,16-17H,2-6,12,19H2,1H3. The van der Waals surface area contributed by atoms with E-state index in [4.69, 9.17) is 5.73 Å². The van der Waals surface area contributed by atoms with Gasteiger partial charge in [0, 0.05) is 11.1 Å². The molecule has 2 nitrogen and oxygen atoms in total. The molecule has 0 saturated heterocycles. The van der Waals surface area contributed by atoms with Gasteiger partial charge in [-0.05, 0) is 61.9 Å². The maximum Gasteiger partial charge on any atom is 0.0705 e. The molecule has 1 aromatic carbocycles. The summed E-state index contributed by atoms with van der Waals surface area (Å²) in [6.45, 7) is 2.86. The van der Waals surface area contributed by atoms with Crippen molar-refractivity contribution in [3.8, 4) is 0 Å². The topological polar surface area (TPSA) is 38.9 Å². The lowest BCUT2D eigenvalue weighted by Gasteiger charge is -2.24. The third-order valence-corrected chi connectivity index (χ3v) is 4.74. The number of benzene rings is 1. The van der Waals surface area contributed by atoms with E-state index < -0.39 is 0 Å². The van der Waals surface area contributed by atoms with E-state index in [0.717, 1.165) is 17.8 Å². The van der Waals surface area contributed by atoms with E-state index >= 15 is 0 Å². The Morgan fingerprint density at radius 1 is 1.10 bits per heavy atom. The molecule has 1 aliphatic carbocycles. The van der Waals surface area contributed by atoms with Gasteiger partial charge < -0.3 is 5.73 Å². The van der Waals surface area contributed by atoms with Crippen LogP contribution in [0.5, 0.6) is 0 Å². The van der Waals surface area contributed by atoms with Gasteiger partial charge in [-0.25, -0.2) is 0 Å². The number of aromatic nitrogens is 1. The fourth-order valence-electron chi connectivity index (χ4n) is 3.58. The van der Waals surface area contributed by atoms with Crippen LogP contribution in [0.3, 0.4) is 0 Å². The van der Waals surface area contributed by atoms with Crippen LogP contribution >= 0.6 is 0 Å². The number of hydrogen-bond donors (Lipinski definition) is 1. The quantitative estimate of drug-likeness (QED) is 0.830. The summed E-state index contributed by atoms with van der Waals surface area (Å²) in [4.78, 5) is 4.59. The van der Waals surface area contributed by atoms with Crippen molar-refractivity contribution in [3.05, 3.63) is 41.6 Å². The molecule has 2 atom stereocenters. The van der Waals surface area contributed by atoms with Gasteiger partial charge in [0.2, 0.25) is 0 Å². The van der Waals surface area contributed by atoms with E-state index in [1.165, 1.54) is 43.1 Å². The summed E-state index contributed by atoms with van der Waals surface area (Å²) >= 11 is 0. The van der Waals surface area contributed by atoms with Crippen LogP contribution in [0, 0.1) is 12.8 Å². The van der Waals surface area contributed by atoms with E-state index in [2.05, 4.69) is 35.3 Å². The maximum absolute atomic E-state index is 6.02.